The number of nitrogen functional groups attached to an aromatic ring is 1. The summed E-state index contributed by atoms with van der Waals surface area (Å²) in [7, 11) is -1.60. The molecule has 0 radical (unpaired) electrons. The molecular formula is C29H44N6O9P+. The van der Waals surface area contributed by atoms with Crippen LogP contribution in [0.15, 0.2) is 18.5 Å². The number of methoxy groups -OCH3 is 1. The number of nitrogens with two attached hydrogens (primary N) is 1. The molecule has 0 aliphatic heterocycles. The maximum atomic E-state index is 13.0. The zero-order valence-electron chi connectivity index (χ0n) is 27.0. The summed E-state index contributed by atoms with van der Waals surface area (Å²) < 4.78 is 42.4. The quantitative estimate of drug-likeness (QED) is 0.134. The molecule has 5 atom stereocenters. The van der Waals surface area contributed by atoms with E-state index in [1.807, 2.05) is 19.9 Å². The van der Waals surface area contributed by atoms with Crippen molar-refractivity contribution >= 4 is 37.4 Å². The van der Waals surface area contributed by atoms with Crippen LogP contribution in [0, 0.1) is 29.1 Å². The average Bonchev–Trinajstić information content (AvgIpc) is 3.45. The predicted octanol–water partition coefficient (Wildman–Crippen LogP) is 3.66. The Kier molecular flexibility index (Phi) is 14.3. The van der Waals surface area contributed by atoms with E-state index in [0.29, 0.717) is 5.52 Å². The highest BCUT2D eigenvalue weighted by Crippen LogP contribution is 2.37. The number of anilines is 1. The number of esters is 3. The highest BCUT2D eigenvalue weighted by Gasteiger charge is 2.53. The fourth-order valence-corrected chi connectivity index (χ4v) is 4.85. The van der Waals surface area contributed by atoms with Crippen molar-refractivity contribution in [3.8, 4) is 6.07 Å². The second-order valence-electron chi connectivity index (χ2n) is 11.1. The molecule has 0 saturated heterocycles. The van der Waals surface area contributed by atoms with Gasteiger partial charge in [0.1, 0.15) is 24.0 Å². The first-order valence-corrected chi connectivity index (χ1v) is 15.9. The van der Waals surface area contributed by atoms with E-state index in [4.69, 9.17) is 29.2 Å². The van der Waals surface area contributed by atoms with E-state index in [0.717, 1.165) is 12.8 Å². The number of nitriles is 1. The molecule has 0 bridgehead atoms. The molecule has 2 aromatic heterocycles. The molecule has 2 rings (SSSR count). The van der Waals surface area contributed by atoms with Crippen molar-refractivity contribution < 1.29 is 42.4 Å². The van der Waals surface area contributed by atoms with Crippen LogP contribution in [0.2, 0.25) is 0 Å². The van der Waals surface area contributed by atoms with Crippen LogP contribution in [0.4, 0.5) is 5.82 Å². The maximum absolute atomic E-state index is 13.0. The van der Waals surface area contributed by atoms with Crippen molar-refractivity contribution in [1.82, 2.24) is 19.7 Å². The number of carbonyl (C=O) groups is 3. The first-order chi connectivity index (χ1) is 21.2. The fourth-order valence-electron chi connectivity index (χ4n) is 4.04. The van der Waals surface area contributed by atoms with Crippen LogP contribution in [0.1, 0.15) is 73.1 Å². The Bertz CT molecular complexity index is 1370. The first kappa shape index (κ1) is 37.5. The van der Waals surface area contributed by atoms with E-state index >= 15 is 0 Å². The molecule has 45 heavy (non-hydrogen) atoms. The normalized spacial score (nSPS) is 15.3. The van der Waals surface area contributed by atoms with Gasteiger partial charge in [-0.05, 0) is 29.5 Å². The van der Waals surface area contributed by atoms with Crippen molar-refractivity contribution in [3.05, 3.63) is 24.2 Å². The highest BCUT2D eigenvalue weighted by molar-refractivity contribution is 7.36. The van der Waals surface area contributed by atoms with E-state index in [9.17, 15) is 24.2 Å². The van der Waals surface area contributed by atoms with Crippen LogP contribution in [0.3, 0.4) is 0 Å². The van der Waals surface area contributed by atoms with Crippen molar-refractivity contribution in [2.45, 2.75) is 85.2 Å². The van der Waals surface area contributed by atoms with Gasteiger partial charge in [0.05, 0.1) is 24.1 Å². The third kappa shape index (κ3) is 9.64. The number of nitrogens with zero attached hydrogens (tertiary/aromatic N) is 4. The molecule has 0 fully saturated rings. The number of hydrogen-bond acceptors (Lipinski definition) is 13. The lowest BCUT2D eigenvalue weighted by Gasteiger charge is -2.36. The minimum Gasteiger partial charge on any atom is -0.464 e. The van der Waals surface area contributed by atoms with Gasteiger partial charge in [0.15, 0.2) is 24.6 Å². The summed E-state index contributed by atoms with van der Waals surface area (Å²) in [5.41, 5.74) is 4.37. The van der Waals surface area contributed by atoms with Crippen LogP contribution in [0.5, 0.6) is 0 Å². The summed E-state index contributed by atoms with van der Waals surface area (Å²) in [6.45, 7) is 11.3. The minimum absolute atomic E-state index is 0.123. The summed E-state index contributed by atoms with van der Waals surface area (Å²) in [5.74, 6) is -2.99. The number of carbonyl (C=O) groups excluding carboxylic acids is 3. The Morgan fingerprint density at radius 2 is 1.69 bits per heavy atom. The molecule has 248 valence electrons. The van der Waals surface area contributed by atoms with Crippen LogP contribution in [-0.4, -0.2) is 70.6 Å². The number of rotatable bonds is 18. The van der Waals surface area contributed by atoms with Gasteiger partial charge in [0.2, 0.25) is 5.60 Å². The third-order valence-corrected chi connectivity index (χ3v) is 8.15. The van der Waals surface area contributed by atoms with E-state index < -0.39 is 68.4 Å². The lowest BCUT2D eigenvalue weighted by atomic mass is 9.92. The Morgan fingerprint density at radius 1 is 1.07 bits per heavy atom. The van der Waals surface area contributed by atoms with Gasteiger partial charge in [0.25, 0.3) is 0 Å². The Balaban J connectivity index is 2.48. The monoisotopic (exact) mass is 651 g/mol. The molecule has 2 aromatic rings. The van der Waals surface area contributed by atoms with Crippen molar-refractivity contribution in [3.63, 3.8) is 0 Å². The van der Waals surface area contributed by atoms with Gasteiger partial charge < -0.3 is 24.7 Å². The minimum atomic E-state index is -2.77. The van der Waals surface area contributed by atoms with Crippen molar-refractivity contribution in [2.24, 2.45) is 17.8 Å². The Labute approximate surface area is 264 Å². The summed E-state index contributed by atoms with van der Waals surface area (Å²) in [6, 6.07) is 4.06. The standard InChI is InChI=1S/C29H44N6O9P/c1-9-20(10-2)13-41-28(38)19(7)34-45(39)42-15-29(14-30,40-8)24(44-27(37)18(5)6)23(43-26(36)17(3)4)21-11-12-22-25(31)32-16-33-35(21)22/h11-12,16-20,23-24H,9-10,13,15H2,1-8H3,(H,34,39)(H2,31,32,33)/q+1/t19-,23-,24-,29?/m0/s1. The molecule has 16 heteroatoms. The van der Waals surface area contributed by atoms with E-state index in [1.54, 1.807) is 33.8 Å². The van der Waals surface area contributed by atoms with Crippen molar-refractivity contribution in [1.29, 1.82) is 5.26 Å². The van der Waals surface area contributed by atoms with E-state index in [1.165, 1.54) is 30.9 Å². The largest absolute Gasteiger partial charge is 0.613 e. The molecule has 0 aromatic carbocycles. The smallest absolute Gasteiger partial charge is 0.464 e. The van der Waals surface area contributed by atoms with Crippen LogP contribution >= 0.6 is 8.18 Å². The van der Waals surface area contributed by atoms with E-state index in [-0.39, 0.29) is 24.0 Å². The number of ether oxygens (including phenoxy) is 4. The number of fused-ring (bicyclic) bond motifs is 1. The highest BCUT2D eigenvalue weighted by atomic mass is 31.1. The average molecular weight is 652 g/mol. The second kappa shape index (κ2) is 17.1. The molecule has 0 aliphatic rings. The van der Waals surface area contributed by atoms with Gasteiger partial charge in [-0.2, -0.15) is 10.4 Å². The van der Waals surface area contributed by atoms with E-state index in [2.05, 4.69) is 15.2 Å². The van der Waals surface area contributed by atoms with Gasteiger partial charge in [-0.15, -0.1) is 4.52 Å². The number of hydrogen-bond donors (Lipinski definition) is 2. The molecule has 2 unspecified atom stereocenters. The van der Waals surface area contributed by atoms with Gasteiger partial charge in [-0.3, -0.25) is 14.4 Å². The summed E-state index contributed by atoms with van der Waals surface area (Å²) in [6.07, 6.45) is -0.276. The topological polar surface area (TPSA) is 206 Å². The Morgan fingerprint density at radius 3 is 2.24 bits per heavy atom. The lowest BCUT2D eigenvalue weighted by Crippen LogP contribution is -2.53. The second-order valence-corrected chi connectivity index (χ2v) is 12.2. The summed E-state index contributed by atoms with van der Waals surface area (Å²) >= 11 is 0. The first-order valence-electron chi connectivity index (χ1n) is 14.7. The molecule has 0 aliphatic carbocycles. The zero-order valence-corrected chi connectivity index (χ0v) is 27.9. The molecule has 3 N–H and O–H groups in total. The zero-order chi connectivity index (χ0) is 33.9. The molecule has 2 heterocycles. The summed E-state index contributed by atoms with van der Waals surface area (Å²) in [5, 5.41) is 17.2. The third-order valence-electron chi connectivity index (χ3n) is 7.18. The predicted molar refractivity (Wildman–Crippen MR) is 162 cm³/mol. The lowest BCUT2D eigenvalue weighted by molar-refractivity contribution is -0.197. The maximum Gasteiger partial charge on any atom is 0.613 e. The molecule has 0 spiro atoms. The van der Waals surface area contributed by atoms with Gasteiger partial charge in [-0.25, -0.2) is 9.50 Å². The van der Waals surface area contributed by atoms with Crippen molar-refractivity contribution in [2.75, 3.05) is 26.1 Å². The fraction of sp³-hybridized carbons (Fsp3) is 0.655. The molecular weight excluding hydrogens is 607 g/mol. The van der Waals surface area contributed by atoms with Gasteiger partial charge in [-0.1, -0.05) is 59.5 Å². The molecule has 15 nitrogen and oxygen atoms in total. The van der Waals surface area contributed by atoms with Crippen LogP contribution < -0.4 is 10.8 Å². The Hall–Kier alpha value is -3.70. The van der Waals surface area contributed by atoms with Gasteiger partial charge in [0, 0.05) is 7.11 Å². The SMILES string of the molecule is CCC(CC)COC(=O)[C@H](C)N[P+](=O)OCC(C#N)(OC)[C@@H](OC(=O)C(C)C)[C@@H](OC(=O)C(C)C)c1ccc2c(N)ncnn12. The number of aromatic nitrogens is 3. The van der Waals surface area contributed by atoms with Crippen LogP contribution in [0.25, 0.3) is 5.52 Å². The van der Waals surface area contributed by atoms with Gasteiger partial charge >= 0.3 is 26.1 Å². The molecule has 0 amide bonds. The van der Waals surface area contributed by atoms with Crippen LogP contribution in [-0.2, 0) is 42.4 Å². The summed E-state index contributed by atoms with van der Waals surface area (Å²) in [4.78, 5) is 42.4. The molecule has 0 saturated carbocycles. The number of nitrogens with one attached hydrogen (secondary N) is 1.